The van der Waals surface area contributed by atoms with Crippen molar-refractivity contribution in [3.05, 3.63) is 54.2 Å². The van der Waals surface area contributed by atoms with Crippen molar-refractivity contribution in [2.24, 2.45) is 0 Å². The smallest absolute Gasteiger partial charge is 0.274 e. The van der Waals surface area contributed by atoms with Crippen LogP contribution in [0.15, 0.2) is 53.6 Å². The predicted molar refractivity (Wildman–Crippen MR) is 89.3 cm³/mol. The number of carbonyl (C=O) groups is 1. The normalized spacial score (nSPS) is 15.0. The highest BCUT2D eigenvalue weighted by Crippen LogP contribution is 2.22. The van der Waals surface area contributed by atoms with E-state index in [1.165, 1.54) is 0 Å². The van der Waals surface area contributed by atoms with Gasteiger partial charge in [0.1, 0.15) is 13.1 Å². The lowest BCUT2D eigenvalue weighted by Crippen LogP contribution is -2.50. The number of hydrogen-bond donors (Lipinski definition) is 0. The molecule has 114 valence electrons. The summed E-state index contributed by atoms with van der Waals surface area (Å²) in [5, 5.41) is 0. The molecule has 1 fully saturated rings. The molecule has 1 amide bonds. The minimum absolute atomic E-state index is 0.140. The average Bonchev–Trinajstić information content (AvgIpc) is 2.62. The highest BCUT2D eigenvalue weighted by molar-refractivity contribution is 7.98. The molecule has 0 unspecified atom stereocenters. The van der Waals surface area contributed by atoms with E-state index in [4.69, 9.17) is 0 Å². The number of aromatic amines is 1. The van der Waals surface area contributed by atoms with E-state index < -0.39 is 0 Å². The van der Waals surface area contributed by atoms with E-state index >= 15 is 0 Å². The summed E-state index contributed by atoms with van der Waals surface area (Å²) in [7, 11) is 0. The standard InChI is InChI=1S/C17H19N3OS/c1-22-15-7-3-2-6-14(15)17(21)20-12-10-19(11-13-20)16-8-4-5-9-18-16/h2-9H,10-13H2,1H3/p+1. The Balaban J connectivity index is 1.67. The van der Waals surface area contributed by atoms with Gasteiger partial charge in [-0.15, -0.1) is 11.8 Å². The quantitative estimate of drug-likeness (QED) is 0.815. The molecule has 22 heavy (non-hydrogen) atoms. The van der Waals surface area contributed by atoms with Gasteiger partial charge in [-0.2, -0.15) is 0 Å². The van der Waals surface area contributed by atoms with Crippen molar-refractivity contribution in [1.82, 2.24) is 4.90 Å². The minimum Gasteiger partial charge on any atom is -0.331 e. The number of rotatable bonds is 3. The van der Waals surface area contributed by atoms with Gasteiger partial charge in [-0.1, -0.05) is 18.2 Å². The molecule has 5 heteroatoms. The summed E-state index contributed by atoms with van der Waals surface area (Å²) in [6.45, 7) is 3.22. The van der Waals surface area contributed by atoms with Gasteiger partial charge in [-0.25, -0.2) is 4.98 Å². The van der Waals surface area contributed by atoms with Crippen LogP contribution in [0, 0.1) is 0 Å². The Labute approximate surface area is 135 Å². The molecule has 0 bridgehead atoms. The first-order valence-corrected chi connectivity index (χ1v) is 8.66. The number of hydrogen-bond acceptors (Lipinski definition) is 3. The second kappa shape index (κ2) is 6.83. The van der Waals surface area contributed by atoms with Crippen LogP contribution in [-0.2, 0) is 0 Å². The Morgan fingerprint density at radius 2 is 1.77 bits per heavy atom. The number of pyridine rings is 1. The van der Waals surface area contributed by atoms with Crippen molar-refractivity contribution < 1.29 is 9.78 Å². The molecule has 2 aromatic rings. The summed E-state index contributed by atoms with van der Waals surface area (Å²) >= 11 is 1.62. The van der Waals surface area contributed by atoms with Crippen molar-refractivity contribution in [2.75, 3.05) is 37.3 Å². The summed E-state index contributed by atoms with van der Waals surface area (Å²) < 4.78 is 0. The number of benzene rings is 1. The third-order valence-electron chi connectivity index (χ3n) is 3.94. The Kier molecular flexibility index (Phi) is 4.63. The van der Waals surface area contributed by atoms with Gasteiger partial charge in [0.2, 0.25) is 0 Å². The van der Waals surface area contributed by atoms with Crippen LogP contribution in [0.5, 0.6) is 0 Å². The van der Waals surface area contributed by atoms with Crippen LogP contribution in [0.4, 0.5) is 5.82 Å². The van der Waals surface area contributed by atoms with Crippen LogP contribution in [0.2, 0.25) is 0 Å². The molecule has 1 aliphatic rings. The molecule has 0 atom stereocenters. The molecular formula is C17H20N3OS+. The second-order valence-electron chi connectivity index (χ2n) is 5.23. The Morgan fingerprint density at radius 3 is 2.45 bits per heavy atom. The number of thioether (sulfide) groups is 1. The Hall–Kier alpha value is -2.01. The molecular weight excluding hydrogens is 294 g/mol. The van der Waals surface area contributed by atoms with E-state index in [0.717, 1.165) is 42.5 Å². The first-order valence-electron chi connectivity index (χ1n) is 7.43. The summed E-state index contributed by atoms with van der Waals surface area (Å²) in [6.07, 6.45) is 3.94. The van der Waals surface area contributed by atoms with E-state index in [9.17, 15) is 4.79 Å². The maximum atomic E-state index is 12.7. The fourth-order valence-corrected chi connectivity index (χ4v) is 3.31. The molecule has 1 saturated heterocycles. The fourth-order valence-electron chi connectivity index (χ4n) is 2.72. The molecule has 1 N–H and O–H groups in total. The molecule has 0 spiro atoms. The van der Waals surface area contributed by atoms with Gasteiger partial charge in [0.25, 0.3) is 11.7 Å². The van der Waals surface area contributed by atoms with Crippen LogP contribution in [0.25, 0.3) is 0 Å². The van der Waals surface area contributed by atoms with E-state index in [1.54, 1.807) is 11.8 Å². The van der Waals surface area contributed by atoms with Crippen LogP contribution in [0.1, 0.15) is 10.4 Å². The molecule has 2 heterocycles. The maximum Gasteiger partial charge on any atom is 0.274 e. The number of H-pyrrole nitrogens is 1. The number of nitrogens with one attached hydrogen (secondary N) is 1. The molecule has 1 aromatic heterocycles. The molecule has 3 rings (SSSR count). The second-order valence-corrected chi connectivity index (χ2v) is 6.08. The first-order chi connectivity index (χ1) is 10.8. The van der Waals surface area contributed by atoms with E-state index in [0.29, 0.717) is 0 Å². The van der Waals surface area contributed by atoms with E-state index in [-0.39, 0.29) is 5.91 Å². The van der Waals surface area contributed by atoms with Crippen LogP contribution >= 0.6 is 11.8 Å². The van der Waals surface area contributed by atoms with Gasteiger partial charge in [-0.3, -0.25) is 9.69 Å². The molecule has 4 nitrogen and oxygen atoms in total. The fraction of sp³-hybridized carbons (Fsp3) is 0.294. The number of nitrogens with zero attached hydrogens (tertiary/aromatic N) is 2. The lowest BCUT2D eigenvalue weighted by atomic mass is 10.2. The minimum atomic E-state index is 0.140. The van der Waals surface area contributed by atoms with Crippen molar-refractivity contribution in [3.63, 3.8) is 0 Å². The summed E-state index contributed by atoms with van der Waals surface area (Å²) in [4.78, 5) is 21.2. The number of piperazine rings is 1. The highest BCUT2D eigenvalue weighted by atomic mass is 32.2. The summed E-state index contributed by atoms with van der Waals surface area (Å²) in [5.41, 5.74) is 0.815. The topological polar surface area (TPSA) is 37.7 Å². The third-order valence-corrected chi connectivity index (χ3v) is 4.73. The largest absolute Gasteiger partial charge is 0.331 e. The Morgan fingerprint density at radius 1 is 1.05 bits per heavy atom. The number of amides is 1. The van der Waals surface area contributed by atoms with Crippen molar-refractivity contribution in [3.8, 4) is 0 Å². The van der Waals surface area contributed by atoms with Gasteiger partial charge in [0, 0.05) is 11.0 Å². The van der Waals surface area contributed by atoms with E-state index in [1.807, 2.05) is 53.8 Å². The number of aromatic nitrogens is 1. The first kappa shape index (κ1) is 14.9. The third kappa shape index (κ3) is 3.09. The van der Waals surface area contributed by atoms with Gasteiger partial charge < -0.3 is 4.90 Å². The van der Waals surface area contributed by atoms with E-state index in [2.05, 4.69) is 16.0 Å². The summed E-state index contributed by atoms with van der Waals surface area (Å²) in [6, 6.07) is 13.9. The molecule has 0 aliphatic carbocycles. The van der Waals surface area contributed by atoms with Crippen molar-refractivity contribution >= 4 is 23.5 Å². The van der Waals surface area contributed by atoms with Crippen LogP contribution < -0.4 is 9.88 Å². The van der Waals surface area contributed by atoms with Crippen molar-refractivity contribution in [2.45, 2.75) is 4.90 Å². The molecule has 1 aliphatic heterocycles. The van der Waals surface area contributed by atoms with Crippen LogP contribution in [-0.4, -0.2) is 43.2 Å². The molecule has 0 saturated carbocycles. The average molecular weight is 314 g/mol. The molecule has 1 aromatic carbocycles. The SMILES string of the molecule is CSc1ccccc1C(=O)N1CCN(c2cccc[nH+]2)CC1. The lowest BCUT2D eigenvalue weighted by Gasteiger charge is -2.31. The van der Waals surface area contributed by atoms with Gasteiger partial charge >= 0.3 is 0 Å². The maximum absolute atomic E-state index is 12.7. The van der Waals surface area contributed by atoms with Crippen molar-refractivity contribution in [1.29, 1.82) is 0 Å². The Bertz CT molecular complexity index is 639. The zero-order chi connectivity index (χ0) is 15.4. The van der Waals surface area contributed by atoms with Crippen LogP contribution in [0.3, 0.4) is 0 Å². The predicted octanol–water partition coefficient (Wildman–Crippen LogP) is 2.18. The van der Waals surface area contributed by atoms with Gasteiger partial charge in [-0.05, 0) is 24.5 Å². The lowest BCUT2D eigenvalue weighted by molar-refractivity contribution is -0.364. The highest BCUT2D eigenvalue weighted by Gasteiger charge is 2.27. The number of carbonyl (C=O) groups excluding carboxylic acids is 1. The molecule has 0 radical (unpaired) electrons. The number of anilines is 1. The zero-order valence-corrected chi connectivity index (χ0v) is 13.5. The summed E-state index contributed by atoms with van der Waals surface area (Å²) in [5.74, 6) is 1.25. The van der Waals surface area contributed by atoms with Gasteiger partial charge in [0.05, 0.1) is 24.8 Å². The zero-order valence-electron chi connectivity index (χ0n) is 12.7. The monoisotopic (exact) mass is 314 g/mol. The van der Waals surface area contributed by atoms with Gasteiger partial charge in [0.15, 0.2) is 0 Å².